The minimum Gasteiger partial charge on any atom is -0.508 e. The number of phenols is 1. The zero-order chi connectivity index (χ0) is 63.7. The van der Waals surface area contributed by atoms with Gasteiger partial charge in [0.1, 0.15) is 76.4 Å². The van der Waals surface area contributed by atoms with Crippen LogP contribution in [0.2, 0.25) is 5.02 Å². The van der Waals surface area contributed by atoms with Gasteiger partial charge in [-0.3, -0.25) is 4.18 Å². The van der Waals surface area contributed by atoms with Gasteiger partial charge in [0.15, 0.2) is 5.82 Å². The fourth-order valence-corrected chi connectivity index (χ4v) is 12.6. The standard InChI is InChI=1S/C70H58ClFN4O13S2/c1-43-14-30-56(31-15-43)91(80,81)87-41-55(40-86-70(47-10-6-5-7-11-47,48-19-26-53(82-2)27-20-48)49-21-28-54(83-3)29-22-49)88-61-32-18-45(37-58(61)71)63-64-67(74-42-75-68(64)90-65(63)44-16-23-50(72)24-17-44)89-62(69(78)79)38-46-36-52(77)25-33-59(46)85-39-51-34-35-73-66(76-51)57-12-8-9-13-60(57)84-4/h5-37,42,55,62,77H,38-41H2,1-4H3,(H,78,79). The highest BCUT2D eigenvalue weighted by Crippen LogP contribution is 2.49. The molecule has 0 spiro atoms. The molecule has 11 rings (SSSR count). The Balaban J connectivity index is 0.941. The van der Waals surface area contributed by atoms with Crippen LogP contribution in [0.3, 0.4) is 0 Å². The summed E-state index contributed by atoms with van der Waals surface area (Å²) in [6, 6.07) is 54.8. The van der Waals surface area contributed by atoms with Crippen LogP contribution in [-0.2, 0) is 42.5 Å². The Bertz CT molecular complexity index is 4420. The van der Waals surface area contributed by atoms with Crippen molar-refractivity contribution in [2.45, 2.75) is 42.7 Å². The molecule has 0 saturated heterocycles. The summed E-state index contributed by atoms with van der Waals surface area (Å²) in [5.41, 5.74) is 4.61. The number of ether oxygens (including phenoxy) is 7. The Labute approximate surface area is 532 Å². The van der Waals surface area contributed by atoms with E-state index in [2.05, 4.69) is 19.9 Å². The largest absolute Gasteiger partial charge is 0.508 e. The van der Waals surface area contributed by atoms with Crippen molar-refractivity contribution in [3.05, 3.63) is 251 Å². The summed E-state index contributed by atoms with van der Waals surface area (Å²) in [4.78, 5) is 32.5. The molecule has 11 aromatic rings. The number of para-hydroxylation sites is 1. The van der Waals surface area contributed by atoms with Crippen molar-refractivity contribution in [1.82, 2.24) is 19.9 Å². The lowest BCUT2D eigenvalue weighted by molar-refractivity contribution is -0.145. The monoisotopic (exact) mass is 1280 g/mol. The van der Waals surface area contributed by atoms with Crippen molar-refractivity contribution in [1.29, 1.82) is 0 Å². The Morgan fingerprint density at radius 2 is 1.34 bits per heavy atom. The van der Waals surface area contributed by atoms with Gasteiger partial charge >= 0.3 is 5.97 Å². The van der Waals surface area contributed by atoms with Crippen molar-refractivity contribution in [2.24, 2.45) is 0 Å². The number of carboxylic acids is 1. The number of aromatic hydroxyl groups is 1. The van der Waals surface area contributed by atoms with Crippen LogP contribution >= 0.6 is 22.9 Å². The van der Waals surface area contributed by atoms with Crippen LogP contribution in [0.1, 0.15) is 33.5 Å². The molecule has 0 fully saturated rings. The van der Waals surface area contributed by atoms with Crippen LogP contribution in [0.4, 0.5) is 4.39 Å². The summed E-state index contributed by atoms with van der Waals surface area (Å²) in [6.45, 7) is 0.965. The predicted molar refractivity (Wildman–Crippen MR) is 342 cm³/mol. The lowest BCUT2D eigenvalue weighted by Crippen LogP contribution is -2.39. The van der Waals surface area contributed by atoms with Crippen molar-refractivity contribution >= 4 is 49.2 Å². The van der Waals surface area contributed by atoms with E-state index in [9.17, 15) is 27.8 Å². The first-order valence-electron chi connectivity index (χ1n) is 28.4. The Kier molecular flexibility index (Phi) is 19.2. The lowest BCUT2D eigenvalue weighted by atomic mass is 9.80. The van der Waals surface area contributed by atoms with Crippen LogP contribution in [0.15, 0.2) is 212 Å². The molecule has 3 heterocycles. The number of nitrogens with zero attached hydrogens (tertiary/aromatic N) is 4. The molecular weight excluding hydrogens is 1220 g/mol. The molecule has 2 atom stereocenters. The molecule has 0 bridgehead atoms. The van der Waals surface area contributed by atoms with E-state index in [4.69, 9.17) is 48.9 Å². The predicted octanol–water partition coefficient (Wildman–Crippen LogP) is 14.1. The van der Waals surface area contributed by atoms with Gasteiger partial charge in [-0.05, 0) is 132 Å². The molecule has 0 saturated carbocycles. The summed E-state index contributed by atoms with van der Waals surface area (Å²) < 4.78 is 91.6. The maximum atomic E-state index is 14.6. The minimum atomic E-state index is -4.36. The second kappa shape index (κ2) is 27.8. The quantitative estimate of drug-likeness (QED) is 0.0380. The SMILES string of the molecule is COc1ccc(C(OCC(COS(=O)(=O)c2ccc(C)cc2)Oc2ccc(-c3c(-c4ccc(F)cc4)sc4ncnc(OC(Cc5cc(O)ccc5OCc5ccnc(-c6ccccc6OC)n5)C(=O)O)c34)cc2Cl)(c2ccccc2)c2ccc(OC)cc2)cc1. The average Bonchev–Trinajstić information content (AvgIpc) is 1.70. The van der Waals surface area contributed by atoms with Crippen LogP contribution in [0.5, 0.6) is 40.4 Å². The van der Waals surface area contributed by atoms with Crippen LogP contribution in [-0.4, -0.2) is 91.3 Å². The zero-order valence-electron chi connectivity index (χ0n) is 49.4. The van der Waals surface area contributed by atoms with Gasteiger partial charge in [-0.2, -0.15) is 8.42 Å². The van der Waals surface area contributed by atoms with Crippen molar-refractivity contribution in [3.63, 3.8) is 0 Å². The maximum Gasteiger partial charge on any atom is 0.345 e. The minimum absolute atomic E-state index is 0.0489. The first kappa shape index (κ1) is 62.6. The van der Waals surface area contributed by atoms with Crippen molar-refractivity contribution < 1.29 is 65.2 Å². The molecule has 462 valence electrons. The highest BCUT2D eigenvalue weighted by molar-refractivity contribution is 7.86. The third-order valence-corrected chi connectivity index (χ3v) is 17.6. The number of hydrogen-bond donors (Lipinski definition) is 2. The number of aliphatic carboxylic acids is 1. The van der Waals surface area contributed by atoms with Crippen molar-refractivity contribution in [2.75, 3.05) is 34.5 Å². The molecule has 2 N–H and O–H groups in total. The highest BCUT2D eigenvalue weighted by Gasteiger charge is 2.39. The van der Waals surface area contributed by atoms with E-state index in [1.807, 2.05) is 104 Å². The first-order chi connectivity index (χ1) is 44.1. The van der Waals surface area contributed by atoms with Crippen LogP contribution < -0.4 is 28.4 Å². The summed E-state index contributed by atoms with van der Waals surface area (Å²) >= 11 is 8.54. The maximum absolute atomic E-state index is 14.6. The number of thiophene rings is 1. The number of fused-ring (bicyclic) bond motifs is 1. The zero-order valence-corrected chi connectivity index (χ0v) is 51.7. The van der Waals surface area contributed by atoms with E-state index in [1.54, 1.807) is 82.1 Å². The van der Waals surface area contributed by atoms with Gasteiger partial charge in [0.05, 0.1) is 54.5 Å². The van der Waals surface area contributed by atoms with E-state index in [1.165, 1.54) is 60.1 Å². The van der Waals surface area contributed by atoms with Crippen LogP contribution in [0.25, 0.3) is 43.2 Å². The highest BCUT2D eigenvalue weighted by atomic mass is 35.5. The number of carboxylic acid groups (broad SMARTS) is 1. The number of aromatic nitrogens is 4. The summed E-state index contributed by atoms with van der Waals surface area (Å²) in [6.07, 6.45) is -0.262. The third-order valence-electron chi connectivity index (χ3n) is 14.9. The topological polar surface area (TPSA) is 217 Å². The number of rotatable bonds is 26. The number of methoxy groups -OCH3 is 3. The molecule has 0 aliphatic carbocycles. The molecule has 0 radical (unpaired) electrons. The average molecular weight is 1280 g/mol. The second-order valence-electron chi connectivity index (χ2n) is 20.7. The van der Waals surface area contributed by atoms with Gasteiger partial charge in [-0.1, -0.05) is 114 Å². The molecule has 0 aliphatic heterocycles. The van der Waals surface area contributed by atoms with Crippen LogP contribution in [0, 0.1) is 12.7 Å². The summed E-state index contributed by atoms with van der Waals surface area (Å²) in [5, 5.41) is 22.0. The molecule has 8 aromatic carbocycles. The smallest absolute Gasteiger partial charge is 0.345 e. The molecule has 17 nitrogen and oxygen atoms in total. The molecule has 3 aromatic heterocycles. The lowest BCUT2D eigenvalue weighted by Gasteiger charge is -2.37. The Morgan fingerprint density at radius 3 is 2.01 bits per heavy atom. The molecule has 0 amide bonds. The van der Waals surface area contributed by atoms with Gasteiger partial charge < -0.3 is 43.4 Å². The van der Waals surface area contributed by atoms with E-state index >= 15 is 0 Å². The van der Waals surface area contributed by atoms with Crippen molar-refractivity contribution in [3.8, 4) is 73.3 Å². The van der Waals surface area contributed by atoms with Gasteiger partial charge in [-0.25, -0.2) is 29.1 Å². The van der Waals surface area contributed by atoms with Gasteiger partial charge in [-0.15, -0.1) is 11.3 Å². The normalized spacial score (nSPS) is 12.2. The number of carbonyl (C=O) groups is 1. The van der Waals surface area contributed by atoms with E-state index in [-0.39, 0.29) is 52.7 Å². The number of aryl methyl sites for hydroxylation is 1. The van der Waals surface area contributed by atoms with E-state index < -0.39 is 46.3 Å². The summed E-state index contributed by atoms with van der Waals surface area (Å²) in [7, 11) is 0.348. The van der Waals surface area contributed by atoms with E-state index in [0.717, 1.165) is 11.1 Å². The van der Waals surface area contributed by atoms with E-state index in [0.29, 0.717) is 82.8 Å². The molecule has 21 heteroatoms. The molecule has 0 aliphatic rings. The fourth-order valence-electron chi connectivity index (χ4n) is 10.3. The third kappa shape index (κ3) is 14.1. The molecule has 91 heavy (non-hydrogen) atoms. The summed E-state index contributed by atoms with van der Waals surface area (Å²) in [5.74, 6) is 0.477. The number of halogens is 2. The number of benzene rings is 8. The second-order valence-corrected chi connectivity index (χ2v) is 23.7. The van der Waals surface area contributed by atoms with Gasteiger partial charge in [0.25, 0.3) is 10.1 Å². The number of phenolic OH excluding ortho intramolecular Hbond substituents is 1. The van der Waals surface area contributed by atoms with Gasteiger partial charge in [0.2, 0.25) is 12.0 Å². The first-order valence-corrected chi connectivity index (χ1v) is 31.0. The molecule has 2 unspecified atom stereocenters. The number of hydrogen-bond acceptors (Lipinski definition) is 17. The fraction of sp³-hybridized carbons (Fsp3) is 0.157. The van der Waals surface area contributed by atoms with Gasteiger partial charge in [0, 0.05) is 28.6 Å². The Hall–Kier alpha value is -9.96. The Morgan fingerprint density at radius 1 is 0.681 bits per heavy atom. The molecular formula is C70H58ClFN4O13S2.